The average Bonchev–Trinajstić information content (AvgIpc) is 2.86. The standard InChI is InChI=1S/C16H13N5/c1-21-8-12(14-15(17)19-9-20-16(14)21)11-6-10-4-2-3-5-13(10)18-7-11/h2-9H,1H3,(H2,17,19,20). The average molecular weight is 275 g/mol. The fourth-order valence-corrected chi connectivity index (χ4v) is 2.67. The van der Waals surface area contributed by atoms with Crippen molar-refractivity contribution in [1.82, 2.24) is 19.5 Å². The lowest BCUT2D eigenvalue weighted by Gasteiger charge is -2.03. The van der Waals surface area contributed by atoms with Crippen LogP contribution in [0.3, 0.4) is 0 Å². The first-order valence-corrected chi connectivity index (χ1v) is 6.65. The van der Waals surface area contributed by atoms with E-state index in [0.717, 1.165) is 33.1 Å². The van der Waals surface area contributed by atoms with Gasteiger partial charge in [-0.1, -0.05) is 18.2 Å². The van der Waals surface area contributed by atoms with Crippen LogP contribution in [0.2, 0.25) is 0 Å². The number of nitrogens with zero attached hydrogens (tertiary/aromatic N) is 4. The molecule has 4 rings (SSSR count). The molecule has 0 bridgehead atoms. The summed E-state index contributed by atoms with van der Waals surface area (Å²) in [5, 5.41) is 1.97. The van der Waals surface area contributed by atoms with Crippen molar-refractivity contribution in [3.8, 4) is 11.1 Å². The van der Waals surface area contributed by atoms with Crippen molar-refractivity contribution >= 4 is 27.8 Å². The van der Waals surface area contributed by atoms with Gasteiger partial charge < -0.3 is 10.3 Å². The second-order valence-corrected chi connectivity index (χ2v) is 5.03. The zero-order valence-corrected chi connectivity index (χ0v) is 11.5. The van der Waals surface area contributed by atoms with Crippen LogP contribution in [-0.4, -0.2) is 19.5 Å². The molecule has 0 aliphatic heterocycles. The zero-order valence-electron chi connectivity index (χ0n) is 11.5. The van der Waals surface area contributed by atoms with E-state index in [9.17, 15) is 0 Å². The molecule has 0 saturated carbocycles. The summed E-state index contributed by atoms with van der Waals surface area (Å²) in [4.78, 5) is 12.9. The molecule has 0 fully saturated rings. The Balaban J connectivity index is 2.04. The number of hydrogen-bond donors (Lipinski definition) is 1. The molecular weight excluding hydrogens is 262 g/mol. The van der Waals surface area contributed by atoms with E-state index in [-0.39, 0.29) is 0 Å². The second kappa shape index (κ2) is 4.28. The number of benzene rings is 1. The van der Waals surface area contributed by atoms with Gasteiger partial charge in [0.2, 0.25) is 0 Å². The van der Waals surface area contributed by atoms with Crippen molar-refractivity contribution in [3.63, 3.8) is 0 Å². The first-order valence-electron chi connectivity index (χ1n) is 6.65. The van der Waals surface area contributed by atoms with Gasteiger partial charge in [-0.2, -0.15) is 0 Å². The highest BCUT2D eigenvalue weighted by Gasteiger charge is 2.13. The van der Waals surface area contributed by atoms with Gasteiger partial charge in [-0.25, -0.2) is 9.97 Å². The summed E-state index contributed by atoms with van der Waals surface area (Å²) in [5.41, 5.74) is 9.86. The number of rotatable bonds is 1. The van der Waals surface area contributed by atoms with Crippen LogP contribution < -0.4 is 5.73 Å². The van der Waals surface area contributed by atoms with Crippen molar-refractivity contribution in [2.24, 2.45) is 7.05 Å². The Morgan fingerprint density at radius 3 is 2.86 bits per heavy atom. The second-order valence-electron chi connectivity index (χ2n) is 5.03. The molecule has 2 N–H and O–H groups in total. The van der Waals surface area contributed by atoms with Crippen LogP contribution in [0.1, 0.15) is 0 Å². The minimum atomic E-state index is 0.490. The molecule has 0 aliphatic rings. The lowest BCUT2D eigenvalue weighted by molar-refractivity contribution is 0.945. The van der Waals surface area contributed by atoms with Crippen molar-refractivity contribution in [1.29, 1.82) is 0 Å². The Morgan fingerprint density at radius 2 is 1.95 bits per heavy atom. The molecule has 5 heteroatoms. The predicted octanol–water partition coefficient (Wildman–Crippen LogP) is 2.77. The van der Waals surface area contributed by atoms with E-state index in [2.05, 4.69) is 27.1 Å². The number of anilines is 1. The SMILES string of the molecule is Cn1cc(-c2cnc3ccccc3c2)c2c(N)ncnc21. The van der Waals surface area contributed by atoms with Gasteiger partial charge in [0, 0.05) is 36.0 Å². The van der Waals surface area contributed by atoms with Gasteiger partial charge in [0.05, 0.1) is 10.9 Å². The summed E-state index contributed by atoms with van der Waals surface area (Å²) in [6.07, 6.45) is 5.37. The molecule has 0 aliphatic carbocycles. The summed E-state index contributed by atoms with van der Waals surface area (Å²) in [6.45, 7) is 0. The molecule has 0 radical (unpaired) electrons. The van der Waals surface area contributed by atoms with E-state index in [4.69, 9.17) is 5.73 Å². The molecule has 0 saturated heterocycles. The minimum absolute atomic E-state index is 0.490. The van der Waals surface area contributed by atoms with Gasteiger partial charge in [-0.15, -0.1) is 0 Å². The van der Waals surface area contributed by atoms with Crippen LogP contribution in [0.25, 0.3) is 33.1 Å². The lowest BCUT2D eigenvalue weighted by atomic mass is 10.1. The number of aromatic nitrogens is 4. The van der Waals surface area contributed by atoms with Gasteiger partial charge in [-0.05, 0) is 12.1 Å². The van der Waals surface area contributed by atoms with Crippen molar-refractivity contribution in [2.75, 3.05) is 5.73 Å². The summed E-state index contributed by atoms with van der Waals surface area (Å²) in [5.74, 6) is 0.490. The highest BCUT2D eigenvalue weighted by molar-refractivity contribution is 6.01. The van der Waals surface area contributed by atoms with E-state index < -0.39 is 0 Å². The maximum atomic E-state index is 6.04. The fourth-order valence-electron chi connectivity index (χ4n) is 2.67. The highest BCUT2D eigenvalue weighted by atomic mass is 15.0. The maximum Gasteiger partial charge on any atom is 0.145 e. The number of hydrogen-bond acceptors (Lipinski definition) is 4. The summed E-state index contributed by atoms with van der Waals surface area (Å²) in [6, 6.07) is 10.2. The highest BCUT2D eigenvalue weighted by Crippen LogP contribution is 2.32. The van der Waals surface area contributed by atoms with Crippen LogP contribution in [0.15, 0.2) is 49.1 Å². The fraction of sp³-hybridized carbons (Fsp3) is 0.0625. The van der Waals surface area contributed by atoms with Crippen molar-refractivity contribution < 1.29 is 0 Å². The first kappa shape index (κ1) is 11.8. The van der Waals surface area contributed by atoms with E-state index >= 15 is 0 Å². The number of para-hydroxylation sites is 1. The third kappa shape index (κ3) is 1.74. The molecule has 5 nitrogen and oxygen atoms in total. The van der Waals surface area contributed by atoms with Gasteiger partial charge in [0.15, 0.2) is 0 Å². The van der Waals surface area contributed by atoms with Gasteiger partial charge >= 0.3 is 0 Å². The third-order valence-electron chi connectivity index (χ3n) is 3.68. The Labute approximate surface area is 121 Å². The molecule has 4 aromatic rings. The van der Waals surface area contributed by atoms with Gasteiger partial charge in [-0.3, -0.25) is 4.98 Å². The summed E-state index contributed by atoms with van der Waals surface area (Å²) >= 11 is 0. The van der Waals surface area contributed by atoms with Gasteiger partial charge in [0.1, 0.15) is 17.8 Å². The van der Waals surface area contributed by atoms with E-state index in [0.29, 0.717) is 5.82 Å². The smallest absolute Gasteiger partial charge is 0.145 e. The maximum absolute atomic E-state index is 6.04. The monoisotopic (exact) mass is 275 g/mol. The Morgan fingerprint density at radius 1 is 1.10 bits per heavy atom. The molecule has 3 aromatic heterocycles. The van der Waals surface area contributed by atoms with Crippen LogP contribution in [-0.2, 0) is 7.05 Å². The molecule has 3 heterocycles. The van der Waals surface area contributed by atoms with Crippen LogP contribution in [0.5, 0.6) is 0 Å². The quantitative estimate of drug-likeness (QED) is 0.580. The van der Waals surface area contributed by atoms with Crippen LogP contribution in [0.4, 0.5) is 5.82 Å². The van der Waals surface area contributed by atoms with E-state index in [1.165, 1.54) is 6.33 Å². The number of nitrogen functional groups attached to an aromatic ring is 1. The van der Waals surface area contributed by atoms with Crippen molar-refractivity contribution in [3.05, 3.63) is 49.1 Å². The molecule has 21 heavy (non-hydrogen) atoms. The molecule has 0 amide bonds. The minimum Gasteiger partial charge on any atom is -0.383 e. The number of pyridine rings is 1. The number of nitrogens with two attached hydrogens (primary N) is 1. The summed E-state index contributed by atoms with van der Waals surface area (Å²) in [7, 11) is 1.95. The first-order chi connectivity index (χ1) is 10.2. The zero-order chi connectivity index (χ0) is 14.4. The van der Waals surface area contributed by atoms with E-state index in [1.54, 1.807) is 0 Å². The van der Waals surface area contributed by atoms with Gasteiger partial charge in [0.25, 0.3) is 0 Å². The Bertz CT molecular complexity index is 971. The van der Waals surface area contributed by atoms with E-state index in [1.807, 2.05) is 42.2 Å². The lowest BCUT2D eigenvalue weighted by Crippen LogP contribution is -1.94. The number of aryl methyl sites for hydroxylation is 1. The third-order valence-corrected chi connectivity index (χ3v) is 3.68. The molecule has 1 aromatic carbocycles. The molecule has 0 unspecified atom stereocenters. The number of fused-ring (bicyclic) bond motifs is 2. The molecule has 0 atom stereocenters. The van der Waals surface area contributed by atoms with Crippen LogP contribution in [0, 0.1) is 0 Å². The largest absolute Gasteiger partial charge is 0.383 e. The van der Waals surface area contributed by atoms with Crippen molar-refractivity contribution in [2.45, 2.75) is 0 Å². The molecule has 102 valence electrons. The van der Waals surface area contributed by atoms with Crippen LogP contribution >= 0.6 is 0 Å². The Hall–Kier alpha value is -2.95. The molecule has 0 spiro atoms. The summed E-state index contributed by atoms with van der Waals surface area (Å²) < 4.78 is 1.96. The normalized spacial score (nSPS) is 11.3. The predicted molar refractivity (Wildman–Crippen MR) is 83.7 cm³/mol. The topological polar surface area (TPSA) is 69.6 Å². The molecular formula is C16H13N5. The Kier molecular flexibility index (Phi) is 2.41.